The van der Waals surface area contributed by atoms with Gasteiger partial charge in [0.05, 0.1) is 6.04 Å². The summed E-state index contributed by atoms with van der Waals surface area (Å²) in [6.45, 7) is 0.369. The van der Waals surface area contributed by atoms with E-state index in [2.05, 4.69) is 5.32 Å². The molecule has 0 aliphatic carbocycles. The standard InChI is InChI=1S/C20H16N2O4/c23-18-11-14(12-22(18)15-7-2-1-3-8-15)21-19(24)16-10-13-6-4-5-9-17(13)26-20(16)25/h1-10,14H,11-12H2,(H,21,24). The number of benzene rings is 2. The Labute approximate surface area is 149 Å². The van der Waals surface area contributed by atoms with E-state index in [1.807, 2.05) is 30.3 Å². The van der Waals surface area contributed by atoms with Crippen LogP contribution in [0.3, 0.4) is 0 Å². The zero-order valence-corrected chi connectivity index (χ0v) is 13.8. The molecule has 2 aromatic carbocycles. The lowest BCUT2D eigenvalue weighted by atomic mass is 10.1. The number of nitrogens with one attached hydrogen (secondary N) is 1. The van der Waals surface area contributed by atoms with Gasteiger partial charge in [-0.1, -0.05) is 36.4 Å². The molecule has 1 fully saturated rings. The van der Waals surface area contributed by atoms with Crippen molar-refractivity contribution in [2.24, 2.45) is 0 Å². The summed E-state index contributed by atoms with van der Waals surface area (Å²) in [6, 6.07) is 17.4. The van der Waals surface area contributed by atoms with Crippen LogP contribution < -0.4 is 15.8 Å². The summed E-state index contributed by atoms with van der Waals surface area (Å²) in [5.74, 6) is -0.593. The molecular weight excluding hydrogens is 332 g/mol. The molecule has 26 heavy (non-hydrogen) atoms. The van der Waals surface area contributed by atoms with Gasteiger partial charge < -0.3 is 14.6 Å². The van der Waals surface area contributed by atoms with Gasteiger partial charge in [-0.25, -0.2) is 4.79 Å². The molecule has 4 rings (SSSR count). The number of hydrogen-bond donors (Lipinski definition) is 1. The van der Waals surface area contributed by atoms with Gasteiger partial charge in [0.1, 0.15) is 11.1 Å². The number of carbonyl (C=O) groups is 2. The molecule has 130 valence electrons. The highest BCUT2D eigenvalue weighted by Gasteiger charge is 2.32. The van der Waals surface area contributed by atoms with Gasteiger partial charge in [0.15, 0.2) is 0 Å². The number of rotatable bonds is 3. The highest BCUT2D eigenvalue weighted by Crippen LogP contribution is 2.21. The van der Waals surface area contributed by atoms with Gasteiger partial charge >= 0.3 is 5.63 Å². The smallest absolute Gasteiger partial charge is 0.349 e. The predicted octanol–water partition coefficient (Wildman–Crippen LogP) is 2.33. The fraction of sp³-hybridized carbons (Fsp3) is 0.150. The van der Waals surface area contributed by atoms with E-state index in [1.54, 1.807) is 29.2 Å². The molecule has 0 radical (unpaired) electrons. The molecule has 2 heterocycles. The van der Waals surface area contributed by atoms with E-state index < -0.39 is 11.5 Å². The van der Waals surface area contributed by atoms with Crippen LogP contribution in [0.25, 0.3) is 11.0 Å². The number of carbonyl (C=O) groups excluding carboxylic acids is 2. The molecule has 2 amide bonds. The third kappa shape index (κ3) is 2.97. The predicted molar refractivity (Wildman–Crippen MR) is 97.2 cm³/mol. The van der Waals surface area contributed by atoms with Gasteiger partial charge in [-0.15, -0.1) is 0 Å². The minimum atomic E-state index is -0.689. The Kier molecular flexibility index (Phi) is 4.01. The molecule has 1 N–H and O–H groups in total. The summed E-state index contributed by atoms with van der Waals surface area (Å²) >= 11 is 0. The van der Waals surface area contributed by atoms with Gasteiger partial charge in [-0.2, -0.15) is 0 Å². The number of anilines is 1. The van der Waals surface area contributed by atoms with E-state index in [1.165, 1.54) is 6.07 Å². The summed E-state index contributed by atoms with van der Waals surface area (Å²) in [5.41, 5.74) is 0.472. The summed E-state index contributed by atoms with van der Waals surface area (Å²) < 4.78 is 5.20. The van der Waals surface area contributed by atoms with Gasteiger partial charge in [0.25, 0.3) is 5.91 Å². The summed E-state index contributed by atoms with van der Waals surface area (Å²) in [7, 11) is 0. The van der Waals surface area contributed by atoms with Crippen molar-refractivity contribution in [3.8, 4) is 0 Å². The molecule has 1 unspecified atom stereocenters. The molecule has 1 saturated heterocycles. The average Bonchev–Trinajstić information content (AvgIpc) is 3.02. The highest BCUT2D eigenvalue weighted by atomic mass is 16.4. The zero-order chi connectivity index (χ0) is 18.1. The lowest BCUT2D eigenvalue weighted by Crippen LogP contribution is -2.39. The van der Waals surface area contributed by atoms with E-state index in [4.69, 9.17) is 4.42 Å². The Morgan fingerprint density at radius 1 is 1.04 bits per heavy atom. The van der Waals surface area contributed by atoms with Crippen LogP contribution in [0, 0.1) is 0 Å². The third-order valence-electron chi connectivity index (χ3n) is 4.41. The fourth-order valence-electron chi connectivity index (χ4n) is 3.15. The molecular formula is C20H16N2O4. The maximum absolute atomic E-state index is 12.5. The minimum Gasteiger partial charge on any atom is -0.422 e. The minimum absolute atomic E-state index is 0.0608. The van der Waals surface area contributed by atoms with Crippen LogP contribution >= 0.6 is 0 Å². The van der Waals surface area contributed by atoms with Crippen molar-refractivity contribution < 1.29 is 14.0 Å². The van der Waals surface area contributed by atoms with Crippen molar-refractivity contribution in [2.45, 2.75) is 12.5 Å². The van der Waals surface area contributed by atoms with Crippen LogP contribution in [0.5, 0.6) is 0 Å². The first-order chi connectivity index (χ1) is 12.6. The summed E-state index contributed by atoms with van der Waals surface area (Å²) in [4.78, 5) is 38.5. The van der Waals surface area contributed by atoms with Crippen molar-refractivity contribution in [3.05, 3.63) is 76.6 Å². The largest absolute Gasteiger partial charge is 0.422 e. The maximum Gasteiger partial charge on any atom is 0.349 e. The first kappa shape index (κ1) is 16.1. The summed E-state index contributed by atoms with van der Waals surface area (Å²) in [5, 5.41) is 3.44. The zero-order valence-electron chi connectivity index (χ0n) is 13.8. The van der Waals surface area contributed by atoms with Gasteiger partial charge in [-0.3, -0.25) is 9.59 Å². The Bertz CT molecular complexity index is 1040. The highest BCUT2D eigenvalue weighted by molar-refractivity contribution is 5.99. The van der Waals surface area contributed by atoms with Crippen molar-refractivity contribution in [3.63, 3.8) is 0 Å². The Hall–Kier alpha value is -3.41. The third-order valence-corrected chi connectivity index (χ3v) is 4.41. The normalized spacial score (nSPS) is 16.8. The molecule has 6 nitrogen and oxygen atoms in total. The molecule has 0 bridgehead atoms. The second-order valence-electron chi connectivity index (χ2n) is 6.20. The molecule has 0 spiro atoms. The van der Waals surface area contributed by atoms with Crippen molar-refractivity contribution in [1.29, 1.82) is 0 Å². The van der Waals surface area contributed by atoms with Crippen molar-refractivity contribution in [2.75, 3.05) is 11.4 Å². The fourth-order valence-corrected chi connectivity index (χ4v) is 3.15. The summed E-state index contributed by atoms with van der Waals surface area (Å²) in [6.07, 6.45) is 0.194. The van der Waals surface area contributed by atoms with Crippen LogP contribution in [0.15, 0.2) is 69.9 Å². The van der Waals surface area contributed by atoms with E-state index >= 15 is 0 Å². The molecule has 3 aromatic rings. The number of fused-ring (bicyclic) bond motifs is 1. The van der Waals surface area contributed by atoms with E-state index in [9.17, 15) is 14.4 Å². The molecule has 1 aromatic heterocycles. The van der Waals surface area contributed by atoms with Crippen LogP contribution in [0.4, 0.5) is 5.69 Å². The monoisotopic (exact) mass is 348 g/mol. The number of nitrogens with zero attached hydrogens (tertiary/aromatic N) is 1. The van der Waals surface area contributed by atoms with Gasteiger partial charge in [0, 0.05) is 24.0 Å². The first-order valence-corrected chi connectivity index (χ1v) is 8.31. The molecule has 1 aliphatic heterocycles. The van der Waals surface area contributed by atoms with Crippen molar-refractivity contribution in [1.82, 2.24) is 5.32 Å². The number of para-hydroxylation sites is 2. The van der Waals surface area contributed by atoms with Crippen LogP contribution in [-0.4, -0.2) is 24.4 Å². The van der Waals surface area contributed by atoms with E-state index in [-0.39, 0.29) is 23.9 Å². The van der Waals surface area contributed by atoms with Crippen LogP contribution in [-0.2, 0) is 4.79 Å². The SMILES string of the molecule is O=C(NC1CC(=O)N(c2ccccc2)C1)c1cc2ccccc2oc1=O. The van der Waals surface area contributed by atoms with Gasteiger partial charge in [-0.05, 0) is 24.3 Å². The van der Waals surface area contributed by atoms with Crippen molar-refractivity contribution >= 4 is 28.5 Å². The van der Waals surface area contributed by atoms with Crippen LogP contribution in [0.2, 0.25) is 0 Å². The molecule has 6 heteroatoms. The molecule has 1 aliphatic rings. The Morgan fingerprint density at radius 3 is 2.58 bits per heavy atom. The quantitative estimate of drug-likeness (QED) is 0.737. The topological polar surface area (TPSA) is 79.6 Å². The lowest BCUT2D eigenvalue weighted by molar-refractivity contribution is -0.117. The van der Waals surface area contributed by atoms with E-state index in [0.717, 1.165) is 5.69 Å². The maximum atomic E-state index is 12.5. The molecule has 1 atom stereocenters. The Morgan fingerprint density at radius 2 is 1.77 bits per heavy atom. The first-order valence-electron chi connectivity index (χ1n) is 8.31. The number of amides is 2. The Balaban J connectivity index is 1.53. The second kappa shape index (κ2) is 6.48. The number of hydrogen-bond acceptors (Lipinski definition) is 4. The lowest BCUT2D eigenvalue weighted by Gasteiger charge is -2.17. The molecule has 0 saturated carbocycles. The second-order valence-corrected chi connectivity index (χ2v) is 6.20. The van der Waals surface area contributed by atoms with Gasteiger partial charge in [0.2, 0.25) is 5.91 Å². The van der Waals surface area contributed by atoms with E-state index in [0.29, 0.717) is 17.5 Å². The average molecular weight is 348 g/mol. The van der Waals surface area contributed by atoms with Crippen LogP contribution in [0.1, 0.15) is 16.8 Å².